The normalized spacial score (nSPS) is 10.7. The number of esters is 1. The number of Topliss-reactive ketones (excluding diaryl/α,β-unsaturated/α-hetero) is 1. The number of ketones is 1. The minimum absolute atomic E-state index is 0.245. The molecule has 3 aromatic rings. The standard InChI is InChI=1S/C15H9FO3S2/c16-10-3-1-4-12-9(10)7-14(21-12)15(18)19-8-11(17)13-5-2-6-20-13/h1-7H,8H2. The van der Waals surface area contributed by atoms with Crippen molar-refractivity contribution in [2.24, 2.45) is 0 Å². The average molecular weight is 320 g/mol. The van der Waals surface area contributed by atoms with Crippen LogP contribution in [-0.4, -0.2) is 18.4 Å². The molecule has 0 aliphatic carbocycles. The quantitative estimate of drug-likeness (QED) is 0.536. The number of ether oxygens (including phenoxy) is 1. The van der Waals surface area contributed by atoms with E-state index in [-0.39, 0.29) is 23.1 Å². The minimum Gasteiger partial charge on any atom is -0.453 e. The summed E-state index contributed by atoms with van der Waals surface area (Å²) in [5.74, 6) is -1.23. The molecule has 0 saturated heterocycles. The van der Waals surface area contributed by atoms with Crippen LogP contribution >= 0.6 is 22.7 Å². The highest BCUT2D eigenvalue weighted by atomic mass is 32.1. The van der Waals surface area contributed by atoms with Crippen LogP contribution in [0.15, 0.2) is 41.8 Å². The Kier molecular flexibility index (Phi) is 3.81. The number of thiophene rings is 2. The van der Waals surface area contributed by atoms with Gasteiger partial charge in [0.1, 0.15) is 10.7 Å². The Hall–Kier alpha value is -2.05. The molecule has 0 bridgehead atoms. The fraction of sp³-hybridized carbons (Fsp3) is 0.0667. The van der Waals surface area contributed by atoms with Crippen molar-refractivity contribution < 1.29 is 18.7 Å². The van der Waals surface area contributed by atoms with Gasteiger partial charge in [-0.05, 0) is 29.6 Å². The van der Waals surface area contributed by atoms with Gasteiger partial charge in [0.2, 0.25) is 5.78 Å². The summed E-state index contributed by atoms with van der Waals surface area (Å²) in [6.45, 7) is -0.309. The fourth-order valence-corrected chi connectivity index (χ4v) is 3.46. The Labute approximate surface area is 127 Å². The van der Waals surface area contributed by atoms with Gasteiger partial charge in [0.15, 0.2) is 6.61 Å². The van der Waals surface area contributed by atoms with Gasteiger partial charge in [0, 0.05) is 10.1 Å². The molecule has 0 aliphatic heterocycles. The summed E-state index contributed by atoms with van der Waals surface area (Å²) in [6, 6.07) is 9.54. The molecule has 0 radical (unpaired) electrons. The summed E-state index contributed by atoms with van der Waals surface area (Å²) in [7, 11) is 0. The van der Waals surface area contributed by atoms with Gasteiger partial charge >= 0.3 is 5.97 Å². The van der Waals surface area contributed by atoms with Crippen molar-refractivity contribution in [2.75, 3.05) is 6.61 Å². The molecule has 0 spiro atoms. The van der Waals surface area contributed by atoms with Gasteiger partial charge in [-0.2, -0.15) is 0 Å². The van der Waals surface area contributed by atoms with E-state index >= 15 is 0 Å². The first kappa shape index (κ1) is 13.9. The Balaban J connectivity index is 1.72. The van der Waals surface area contributed by atoms with Crippen LogP contribution < -0.4 is 0 Å². The highest BCUT2D eigenvalue weighted by molar-refractivity contribution is 7.20. The molecule has 2 heterocycles. The largest absolute Gasteiger partial charge is 0.453 e. The lowest BCUT2D eigenvalue weighted by Crippen LogP contribution is -2.12. The van der Waals surface area contributed by atoms with Crippen LogP contribution in [0.4, 0.5) is 4.39 Å². The summed E-state index contributed by atoms with van der Waals surface area (Å²) in [5.41, 5.74) is 0. The summed E-state index contributed by atoms with van der Waals surface area (Å²) in [4.78, 5) is 24.5. The van der Waals surface area contributed by atoms with E-state index in [4.69, 9.17) is 4.74 Å². The van der Waals surface area contributed by atoms with Crippen LogP contribution in [0.5, 0.6) is 0 Å². The van der Waals surface area contributed by atoms with Crippen molar-refractivity contribution in [2.45, 2.75) is 0 Å². The Bertz CT molecular complexity index is 806. The average Bonchev–Trinajstić information content (AvgIpc) is 3.13. The molecule has 0 amide bonds. The Morgan fingerprint density at radius 1 is 1.14 bits per heavy atom. The second-order valence-corrected chi connectivity index (χ2v) is 6.27. The fourth-order valence-electron chi connectivity index (χ4n) is 1.84. The van der Waals surface area contributed by atoms with Crippen molar-refractivity contribution in [1.29, 1.82) is 0 Å². The van der Waals surface area contributed by atoms with Crippen LogP contribution in [-0.2, 0) is 4.74 Å². The van der Waals surface area contributed by atoms with Gasteiger partial charge < -0.3 is 4.74 Å². The summed E-state index contributed by atoms with van der Waals surface area (Å²) in [5, 5.41) is 2.17. The molecule has 0 saturated carbocycles. The topological polar surface area (TPSA) is 43.4 Å². The number of hydrogen-bond donors (Lipinski definition) is 0. The van der Waals surface area contributed by atoms with E-state index in [0.29, 0.717) is 15.0 Å². The molecule has 0 N–H and O–H groups in total. The molecular weight excluding hydrogens is 311 g/mol. The van der Waals surface area contributed by atoms with Crippen LogP contribution in [0, 0.1) is 5.82 Å². The number of carbonyl (C=O) groups is 2. The van der Waals surface area contributed by atoms with Gasteiger partial charge in [-0.1, -0.05) is 12.1 Å². The molecule has 106 valence electrons. The van der Waals surface area contributed by atoms with Crippen molar-refractivity contribution in [1.82, 2.24) is 0 Å². The zero-order chi connectivity index (χ0) is 14.8. The third-order valence-electron chi connectivity index (χ3n) is 2.84. The van der Waals surface area contributed by atoms with Crippen LogP contribution in [0.1, 0.15) is 19.3 Å². The van der Waals surface area contributed by atoms with Gasteiger partial charge in [-0.3, -0.25) is 4.79 Å². The first-order valence-corrected chi connectivity index (χ1v) is 7.76. The molecular formula is C15H9FO3S2. The summed E-state index contributed by atoms with van der Waals surface area (Å²) >= 11 is 2.44. The van der Waals surface area contributed by atoms with Crippen LogP contribution in [0.2, 0.25) is 0 Å². The Morgan fingerprint density at radius 3 is 2.71 bits per heavy atom. The predicted octanol–water partition coefficient (Wildman–Crippen LogP) is 4.14. The first-order chi connectivity index (χ1) is 10.1. The molecule has 0 aliphatic rings. The second-order valence-electron chi connectivity index (χ2n) is 4.24. The maximum absolute atomic E-state index is 13.6. The Morgan fingerprint density at radius 2 is 2.00 bits per heavy atom. The van der Waals surface area contributed by atoms with E-state index in [9.17, 15) is 14.0 Å². The van der Waals surface area contributed by atoms with E-state index in [2.05, 4.69) is 0 Å². The third-order valence-corrected chi connectivity index (χ3v) is 4.83. The number of fused-ring (bicyclic) bond motifs is 1. The summed E-state index contributed by atoms with van der Waals surface area (Å²) < 4.78 is 19.2. The number of halogens is 1. The van der Waals surface area contributed by atoms with E-state index in [1.165, 1.54) is 23.5 Å². The third kappa shape index (κ3) is 2.86. The van der Waals surface area contributed by atoms with Crippen molar-refractivity contribution >= 4 is 44.5 Å². The van der Waals surface area contributed by atoms with Crippen LogP contribution in [0.25, 0.3) is 10.1 Å². The highest BCUT2D eigenvalue weighted by Crippen LogP contribution is 2.28. The monoisotopic (exact) mass is 320 g/mol. The van der Waals surface area contributed by atoms with Gasteiger partial charge in [-0.25, -0.2) is 9.18 Å². The van der Waals surface area contributed by atoms with E-state index in [0.717, 1.165) is 11.3 Å². The van der Waals surface area contributed by atoms with Gasteiger partial charge in [-0.15, -0.1) is 22.7 Å². The summed E-state index contributed by atoms with van der Waals surface area (Å²) in [6.07, 6.45) is 0. The number of rotatable bonds is 4. The maximum atomic E-state index is 13.6. The number of carbonyl (C=O) groups excluding carboxylic acids is 2. The number of hydrogen-bond acceptors (Lipinski definition) is 5. The predicted molar refractivity (Wildman–Crippen MR) is 80.7 cm³/mol. The molecule has 21 heavy (non-hydrogen) atoms. The molecule has 1 aromatic carbocycles. The van der Waals surface area contributed by atoms with E-state index < -0.39 is 5.97 Å². The molecule has 0 fully saturated rings. The van der Waals surface area contributed by atoms with Crippen LogP contribution in [0.3, 0.4) is 0 Å². The van der Waals surface area contributed by atoms with E-state index in [1.54, 1.807) is 29.6 Å². The molecule has 0 unspecified atom stereocenters. The maximum Gasteiger partial charge on any atom is 0.348 e. The molecule has 3 rings (SSSR count). The minimum atomic E-state index is -0.611. The zero-order valence-electron chi connectivity index (χ0n) is 10.7. The molecule has 3 nitrogen and oxygen atoms in total. The highest BCUT2D eigenvalue weighted by Gasteiger charge is 2.16. The lowest BCUT2D eigenvalue weighted by atomic mass is 10.2. The van der Waals surface area contributed by atoms with Gasteiger partial charge in [0.05, 0.1) is 4.88 Å². The SMILES string of the molecule is O=C(COC(=O)c1cc2c(F)cccc2s1)c1cccs1. The molecule has 0 atom stereocenters. The first-order valence-electron chi connectivity index (χ1n) is 6.07. The second kappa shape index (κ2) is 5.75. The smallest absolute Gasteiger partial charge is 0.348 e. The van der Waals surface area contributed by atoms with Crippen molar-refractivity contribution in [3.05, 3.63) is 57.3 Å². The number of benzene rings is 1. The van der Waals surface area contributed by atoms with Gasteiger partial charge in [0.25, 0.3) is 0 Å². The molecule has 2 aromatic heterocycles. The van der Waals surface area contributed by atoms with E-state index in [1.807, 2.05) is 0 Å². The zero-order valence-corrected chi connectivity index (χ0v) is 12.3. The van der Waals surface area contributed by atoms with Crippen molar-refractivity contribution in [3.8, 4) is 0 Å². The lowest BCUT2D eigenvalue weighted by Gasteiger charge is -2.00. The molecule has 6 heteroatoms. The lowest BCUT2D eigenvalue weighted by molar-refractivity contribution is 0.0481. The van der Waals surface area contributed by atoms with Crippen molar-refractivity contribution in [3.63, 3.8) is 0 Å².